The molecule has 2 N–H and O–H groups in total. The summed E-state index contributed by atoms with van der Waals surface area (Å²) in [5, 5.41) is 14.4. The molecule has 1 atom stereocenters. The van der Waals surface area contributed by atoms with Crippen LogP contribution in [0, 0.1) is 5.41 Å². The number of fused-ring (bicyclic) bond motifs is 2. The number of hydrogen-bond donors (Lipinski definition) is 2. The number of aliphatic hydroxyl groups excluding tert-OH is 1. The summed E-state index contributed by atoms with van der Waals surface area (Å²) in [6.45, 7) is 2.08. The molecule has 7 rings (SSSR count). The Morgan fingerprint density at radius 3 is 2.37 bits per heavy atom. The van der Waals surface area contributed by atoms with Crippen molar-refractivity contribution in [3.63, 3.8) is 0 Å². The van der Waals surface area contributed by atoms with Gasteiger partial charge < -0.3 is 15.3 Å². The van der Waals surface area contributed by atoms with E-state index in [4.69, 9.17) is 21.6 Å². The molecule has 2 spiro atoms. The Hall–Kier alpha value is -1.70. The van der Waals surface area contributed by atoms with Gasteiger partial charge in [-0.25, -0.2) is 4.98 Å². The van der Waals surface area contributed by atoms with Crippen LogP contribution in [0.1, 0.15) is 75.0 Å². The van der Waals surface area contributed by atoms with Gasteiger partial charge >= 0.3 is 0 Å². The second kappa shape index (κ2) is 7.90. The molecule has 1 unspecified atom stereocenters. The average molecular weight is 513 g/mol. The van der Waals surface area contributed by atoms with E-state index in [1.54, 1.807) is 0 Å². The van der Waals surface area contributed by atoms with Crippen molar-refractivity contribution in [2.75, 3.05) is 35.7 Å². The van der Waals surface area contributed by atoms with Gasteiger partial charge in [-0.05, 0) is 81.4 Å². The number of aromatic nitrogens is 2. The molecule has 1 aromatic heterocycles. The zero-order chi connectivity index (χ0) is 23.8. The van der Waals surface area contributed by atoms with Crippen molar-refractivity contribution in [1.82, 2.24) is 9.97 Å². The van der Waals surface area contributed by atoms with Gasteiger partial charge in [0.15, 0.2) is 0 Å². The quantitative estimate of drug-likeness (QED) is 0.600. The number of benzene rings is 1. The minimum absolute atomic E-state index is 0.000496. The minimum atomic E-state index is -1.07. The van der Waals surface area contributed by atoms with E-state index < -0.39 is 10.8 Å². The number of aliphatic hydroxyl groups is 1. The topological polar surface area (TPSA) is 78.4 Å². The van der Waals surface area contributed by atoms with Crippen molar-refractivity contribution in [3.05, 3.63) is 40.5 Å². The lowest BCUT2D eigenvalue weighted by Gasteiger charge is -2.53. The van der Waals surface area contributed by atoms with Crippen LogP contribution < -0.4 is 10.2 Å². The summed E-state index contributed by atoms with van der Waals surface area (Å²) in [5.41, 5.74) is 2.47. The fourth-order valence-corrected chi connectivity index (χ4v) is 8.85. The number of nitrogens with one attached hydrogen (secondary N) is 1. The molecule has 35 heavy (non-hydrogen) atoms. The highest BCUT2D eigenvalue weighted by Gasteiger charge is 2.56. The van der Waals surface area contributed by atoms with Crippen LogP contribution in [-0.2, 0) is 16.2 Å². The monoisotopic (exact) mass is 512 g/mol. The first-order valence-electron chi connectivity index (χ1n) is 13.1. The molecule has 3 saturated carbocycles. The largest absolute Gasteiger partial charge is 0.394 e. The van der Waals surface area contributed by atoms with E-state index in [0.717, 1.165) is 66.8 Å². The van der Waals surface area contributed by atoms with Crippen molar-refractivity contribution in [1.29, 1.82) is 0 Å². The third-order valence-corrected chi connectivity index (χ3v) is 11.5. The summed E-state index contributed by atoms with van der Waals surface area (Å²) in [5.74, 6) is 2.81. The predicted molar refractivity (Wildman–Crippen MR) is 139 cm³/mol. The van der Waals surface area contributed by atoms with E-state index >= 15 is 0 Å². The van der Waals surface area contributed by atoms with Crippen LogP contribution in [0.2, 0.25) is 5.02 Å². The molecule has 0 amide bonds. The molecule has 0 radical (unpaired) electrons. The highest BCUT2D eigenvalue weighted by Crippen LogP contribution is 2.57. The molecule has 8 heteroatoms. The zero-order valence-corrected chi connectivity index (χ0v) is 21.6. The number of halogens is 1. The summed E-state index contributed by atoms with van der Waals surface area (Å²) in [7, 11) is -1.07. The molecule has 2 aliphatic heterocycles. The first kappa shape index (κ1) is 22.5. The van der Waals surface area contributed by atoms with Gasteiger partial charge in [-0.2, -0.15) is 4.98 Å². The number of anilines is 2. The van der Waals surface area contributed by atoms with Gasteiger partial charge in [0.25, 0.3) is 0 Å². The van der Waals surface area contributed by atoms with E-state index in [0.29, 0.717) is 22.9 Å². The van der Waals surface area contributed by atoms with Crippen LogP contribution in [0.3, 0.4) is 0 Å². The van der Waals surface area contributed by atoms with Crippen molar-refractivity contribution < 1.29 is 9.32 Å². The molecule has 4 fully saturated rings. The highest BCUT2D eigenvalue weighted by molar-refractivity contribution is 7.85. The molecule has 1 saturated heterocycles. The number of rotatable bonds is 5. The third kappa shape index (κ3) is 3.64. The van der Waals surface area contributed by atoms with Gasteiger partial charge in [0, 0.05) is 34.7 Å². The highest BCUT2D eigenvalue weighted by atomic mass is 35.5. The summed E-state index contributed by atoms with van der Waals surface area (Å²) >= 11 is 6.08. The Balaban J connectivity index is 1.11. The van der Waals surface area contributed by atoms with Crippen molar-refractivity contribution in [2.24, 2.45) is 5.41 Å². The van der Waals surface area contributed by atoms with E-state index in [1.165, 1.54) is 31.2 Å². The lowest BCUT2D eigenvalue weighted by molar-refractivity contribution is 0.126. The molecule has 3 aliphatic carbocycles. The second-order valence-corrected chi connectivity index (χ2v) is 13.7. The Morgan fingerprint density at radius 2 is 1.77 bits per heavy atom. The first-order chi connectivity index (χ1) is 16.9. The molecule has 1 aromatic carbocycles. The van der Waals surface area contributed by atoms with E-state index in [-0.39, 0.29) is 17.6 Å². The van der Waals surface area contributed by atoms with Gasteiger partial charge in [-0.15, -0.1) is 0 Å². The maximum absolute atomic E-state index is 13.1. The standard InChI is InChI=1S/C27H33ClN4O2S/c28-20-4-2-18(3-5-20)19-6-10-25(11-7-19)14-32(15-25)24-29-22-21(35(34)17-26(22)12-13-26)23(30-24)31-27(16-33)8-1-9-27/h2-5,19,33H,1,6-17H2,(H,29,30,31). The van der Waals surface area contributed by atoms with Crippen molar-refractivity contribution >= 4 is 34.2 Å². The molecule has 3 heterocycles. The van der Waals surface area contributed by atoms with Crippen LogP contribution >= 0.6 is 11.6 Å². The van der Waals surface area contributed by atoms with Crippen LogP contribution in [-0.4, -0.2) is 50.3 Å². The maximum Gasteiger partial charge on any atom is 0.227 e. The number of hydrogen-bond acceptors (Lipinski definition) is 6. The number of nitrogens with zero attached hydrogens (tertiary/aromatic N) is 3. The molecule has 0 bridgehead atoms. The van der Waals surface area contributed by atoms with Gasteiger partial charge in [-0.1, -0.05) is 23.7 Å². The SMILES string of the molecule is O=S1CC2(CC2)c2nc(N3CC4(CCC(c5ccc(Cl)cc5)CC4)C3)nc(NC3(CO)CCC3)c21. The third-order valence-electron chi connectivity index (χ3n) is 9.56. The molecule has 5 aliphatic rings. The molecule has 6 nitrogen and oxygen atoms in total. The Morgan fingerprint density at radius 1 is 1.06 bits per heavy atom. The smallest absolute Gasteiger partial charge is 0.227 e. The fourth-order valence-electron chi connectivity index (χ4n) is 6.86. The molecule has 186 valence electrons. The van der Waals surface area contributed by atoms with Crippen LogP contribution in [0.4, 0.5) is 11.8 Å². The lowest BCUT2D eigenvalue weighted by Crippen LogP contribution is -2.58. The van der Waals surface area contributed by atoms with E-state index in [1.807, 2.05) is 12.1 Å². The second-order valence-electron chi connectivity index (χ2n) is 11.9. The predicted octanol–water partition coefficient (Wildman–Crippen LogP) is 4.77. The average Bonchev–Trinajstić information content (AvgIpc) is 3.54. The van der Waals surface area contributed by atoms with E-state index in [9.17, 15) is 9.32 Å². The van der Waals surface area contributed by atoms with Gasteiger partial charge in [0.1, 0.15) is 10.7 Å². The normalized spacial score (nSPS) is 27.4. The van der Waals surface area contributed by atoms with Crippen molar-refractivity contribution in [3.8, 4) is 0 Å². The lowest BCUT2D eigenvalue weighted by atomic mass is 9.65. The van der Waals surface area contributed by atoms with Crippen LogP contribution in [0.15, 0.2) is 29.2 Å². The van der Waals surface area contributed by atoms with Gasteiger partial charge in [-0.3, -0.25) is 4.21 Å². The van der Waals surface area contributed by atoms with Crippen molar-refractivity contribution in [2.45, 2.75) is 79.6 Å². The first-order valence-corrected chi connectivity index (χ1v) is 14.8. The summed E-state index contributed by atoms with van der Waals surface area (Å²) < 4.78 is 13.1. The summed E-state index contributed by atoms with van der Waals surface area (Å²) in [6.07, 6.45) is 10.00. The molecular formula is C27H33ClN4O2S. The minimum Gasteiger partial charge on any atom is -0.394 e. The van der Waals surface area contributed by atoms with Gasteiger partial charge in [0.05, 0.1) is 28.6 Å². The maximum atomic E-state index is 13.1. The Kier molecular flexibility index (Phi) is 5.08. The summed E-state index contributed by atoms with van der Waals surface area (Å²) in [6, 6.07) is 8.38. The summed E-state index contributed by atoms with van der Waals surface area (Å²) in [4.78, 5) is 13.2. The Bertz CT molecular complexity index is 1170. The van der Waals surface area contributed by atoms with Crippen LogP contribution in [0.5, 0.6) is 0 Å². The van der Waals surface area contributed by atoms with E-state index in [2.05, 4.69) is 22.3 Å². The molecule has 2 aromatic rings. The van der Waals surface area contributed by atoms with Crippen LogP contribution in [0.25, 0.3) is 0 Å². The van der Waals surface area contributed by atoms with Gasteiger partial charge in [0.2, 0.25) is 5.95 Å². The molecular weight excluding hydrogens is 480 g/mol. The zero-order valence-electron chi connectivity index (χ0n) is 20.1. The fraction of sp³-hybridized carbons (Fsp3) is 0.630. The Labute approximate surface area is 214 Å².